The standard InChI is InChI=1S/C15H11Cl2F5O2/c1-14(2)7(5-9(16)17)10(14)13(23)24-15(21,22)6-3-4-8(18)12(20)11(6)19/h3-5,7,10H,1-2H3/t7-,10+/m1/s1. The smallest absolute Gasteiger partial charge is 0.397 e. The maximum Gasteiger partial charge on any atom is 0.431 e. The molecule has 1 aliphatic rings. The zero-order valence-corrected chi connectivity index (χ0v) is 13.9. The van der Waals surface area contributed by atoms with Gasteiger partial charge in [-0.3, -0.25) is 4.79 Å². The minimum Gasteiger partial charge on any atom is -0.397 e. The highest BCUT2D eigenvalue weighted by Gasteiger charge is 2.63. The predicted molar refractivity (Wildman–Crippen MR) is 76.9 cm³/mol. The van der Waals surface area contributed by atoms with Crippen molar-refractivity contribution in [2.24, 2.45) is 17.3 Å². The molecule has 0 heterocycles. The van der Waals surface area contributed by atoms with Gasteiger partial charge in [0.15, 0.2) is 17.5 Å². The number of carbonyl (C=O) groups excluding carboxylic acids is 1. The van der Waals surface area contributed by atoms with Gasteiger partial charge in [0.25, 0.3) is 0 Å². The summed E-state index contributed by atoms with van der Waals surface area (Å²) in [6.07, 6.45) is -3.15. The van der Waals surface area contributed by atoms with E-state index in [0.717, 1.165) is 0 Å². The van der Waals surface area contributed by atoms with Crippen LogP contribution < -0.4 is 0 Å². The first-order valence-electron chi connectivity index (χ1n) is 6.67. The highest BCUT2D eigenvalue weighted by molar-refractivity contribution is 6.55. The van der Waals surface area contributed by atoms with Crippen LogP contribution in [0.15, 0.2) is 22.7 Å². The summed E-state index contributed by atoms with van der Waals surface area (Å²) in [4.78, 5) is 12.0. The van der Waals surface area contributed by atoms with Crippen molar-refractivity contribution in [3.8, 4) is 0 Å². The average Bonchev–Trinajstić information content (AvgIpc) is 2.95. The number of alkyl halides is 2. The van der Waals surface area contributed by atoms with E-state index in [1.54, 1.807) is 13.8 Å². The minimum atomic E-state index is -4.46. The Morgan fingerprint density at radius 2 is 1.79 bits per heavy atom. The fourth-order valence-corrected chi connectivity index (χ4v) is 2.84. The van der Waals surface area contributed by atoms with Gasteiger partial charge in [-0.25, -0.2) is 13.2 Å². The van der Waals surface area contributed by atoms with E-state index in [-0.39, 0.29) is 4.49 Å². The molecule has 0 saturated heterocycles. The summed E-state index contributed by atoms with van der Waals surface area (Å²) in [5.74, 6) is -8.69. The first-order valence-corrected chi connectivity index (χ1v) is 7.42. The second-order valence-electron chi connectivity index (χ2n) is 5.94. The molecule has 0 unspecified atom stereocenters. The molecule has 0 N–H and O–H groups in total. The van der Waals surface area contributed by atoms with Gasteiger partial charge in [0.2, 0.25) is 0 Å². The molecular weight excluding hydrogens is 378 g/mol. The lowest BCUT2D eigenvalue weighted by Crippen LogP contribution is -2.26. The summed E-state index contributed by atoms with van der Waals surface area (Å²) >= 11 is 11.0. The summed E-state index contributed by atoms with van der Waals surface area (Å²) in [6.45, 7) is 3.21. The number of rotatable bonds is 4. The van der Waals surface area contributed by atoms with Crippen LogP contribution in [0.25, 0.3) is 0 Å². The van der Waals surface area contributed by atoms with E-state index in [1.165, 1.54) is 6.08 Å². The molecule has 2 nitrogen and oxygen atoms in total. The second kappa shape index (κ2) is 6.19. The maximum atomic E-state index is 14.0. The van der Waals surface area contributed by atoms with E-state index >= 15 is 0 Å². The third-order valence-electron chi connectivity index (χ3n) is 4.05. The predicted octanol–water partition coefficient (Wildman–Crippen LogP) is 5.29. The molecule has 1 saturated carbocycles. The van der Waals surface area contributed by atoms with E-state index in [1.807, 2.05) is 0 Å². The molecule has 1 fully saturated rings. The van der Waals surface area contributed by atoms with Crippen molar-refractivity contribution in [2.45, 2.75) is 20.0 Å². The van der Waals surface area contributed by atoms with Crippen molar-refractivity contribution in [3.05, 3.63) is 45.7 Å². The number of hydrogen-bond acceptors (Lipinski definition) is 2. The summed E-state index contributed by atoms with van der Waals surface area (Å²) < 4.78 is 71.3. The Kier molecular flexibility index (Phi) is 4.89. The Labute approximate surface area is 144 Å². The molecule has 0 amide bonds. The molecule has 1 aromatic carbocycles. The zero-order chi connectivity index (χ0) is 18.4. The van der Waals surface area contributed by atoms with Crippen LogP contribution in [0.5, 0.6) is 0 Å². The third kappa shape index (κ3) is 3.37. The van der Waals surface area contributed by atoms with Gasteiger partial charge in [-0.15, -0.1) is 0 Å². The highest BCUT2D eigenvalue weighted by atomic mass is 35.5. The van der Waals surface area contributed by atoms with Gasteiger partial charge in [-0.2, -0.15) is 8.78 Å². The first-order chi connectivity index (χ1) is 10.9. The molecular formula is C15H11Cl2F5O2. The Balaban J connectivity index is 2.23. The molecule has 0 spiro atoms. The highest BCUT2D eigenvalue weighted by Crippen LogP contribution is 2.60. The minimum absolute atomic E-state index is 0.137. The number of ether oxygens (including phenoxy) is 1. The molecule has 0 radical (unpaired) electrons. The number of halogens is 7. The van der Waals surface area contributed by atoms with E-state index in [2.05, 4.69) is 4.74 Å². The van der Waals surface area contributed by atoms with Crippen molar-refractivity contribution >= 4 is 29.2 Å². The van der Waals surface area contributed by atoms with Crippen LogP contribution in [0.4, 0.5) is 22.0 Å². The van der Waals surface area contributed by atoms with E-state index in [0.29, 0.717) is 12.1 Å². The van der Waals surface area contributed by atoms with Gasteiger partial charge in [0, 0.05) is 0 Å². The van der Waals surface area contributed by atoms with E-state index < -0.39 is 52.3 Å². The van der Waals surface area contributed by atoms with Crippen LogP contribution in [0.3, 0.4) is 0 Å². The normalized spacial score (nSPS) is 22.0. The number of hydrogen-bond donors (Lipinski definition) is 0. The van der Waals surface area contributed by atoms with Gasteiger partial charge < -0.3 is 4.74 Å². The van der Waals surface area contributed by atoms with Gasteiger partial charge in [-0.1, -0.05) is 37.0 Å². The lowest BCUT2D eigenvalue weighted by molar-refractivity contribution is -0.243. The Hall–Kier alpha value is -1.34. The zero-order valence-electron chi connectivity index (χ0n) is 12.3. The van der Waals surface area contributed by atoms with E-state index in [9.17, 15) is 26.7 Å². The molecule has 132 valence electrons. The Morgan fingerprint density at radius 3 is 2.33 bits per heavy atom. The number of benzene rings is 1. The summed E-state index contributed by atoms with van der Waals surface area (Å²) in [5, 5.41) is 0. The van der Waals surface area contributed by atoms with Crippen molar-refractivity contribution in [1.82, 2.24) is 0 Å². The van der Waals surface area contributed by atoms with E-state index in [4.69, 9.17) is 23.2 Å². The lowest BCUT2D eigenvalue weighted by Gasteiger charge is -2.18. The SMILES string of the molecule is CC1(C)[C@H](C=C(Cl)Cl)[C@H]1C(=O)OC(F)(F)c1ccc(F)c(F)c1F. The molecule has 0 aliphatic heterocycles. The van der Waals surface area contributed by atoms with Crippen LogP contribution in [-0.2, 0) is 15.6 Å². The molecule has 0 bridgehead atoms. The van der Waals surface area contributed by atoms with Gasteiger partial charge in [-0.05, 0) is 29.5 Å². The topological polar surface area (TPSA) is 26.3 Å². The Morgan fingerprint density at radius 1 is 1.21 bits per heavy atom. The molecule has 9 heteroatoms. The fraction of sp³-hybridized carbons (Fsp3) is 0.400. The van der Waals surface area contributed by atoms with Crippen LogP contribution in [-0.4, -0.2) is 5.97 Å². The van der Waals surface area contributed by atoms with Crippen LogP contribution >= 0.6 is 23.2 Å². The van der Waals surface area contributed by atoms with Crippen molar-refractivity contribution < 1.29 is 31.5 Å². The number of carbonyl (C=O) groups is 1. The number of allylic oxidation sites excluding steroid dienone is 1. The molecule has 1 aliphatic carbocycles. The third-order valence-corrected chi connectivity index (χ3v) is 4.30. The summed E-state index contributed by atoms with van der Waals surface area (Å²) in [6, 6.07) is 0.626. The van der Waals surface area contributed by atoms with Crippen LogP contribution in [0.1, 0.15) is 19.4 Å². The second-order valence-corrected chi connectivity index (χ2v) is 6.95. The molecule has 2 atom stereocenters. The molecule has 1 aromatic rings. The largest absolute Gasteiger partial charge is 0.431 e. The van der Waals surface area contributed by atoms with Gasteiger partial charge in [0.05, 0.1) is 5.92 Å². The quantitative estimate of drug-likeness (QED) is 0.398. The van der Waals surface area contributed by atoms with Crippen LogP contribution in [0.2, 0.25) is 0 Å². The Bertz CT molecular complexity index is 714. The summed E-state index contributed by atoms with van der Waals surface area (Å²) in [5.41, 5.74) is -2.31. The fourth-order valence-electron chi connectivity index (χ4n) is 2.57. The molecule has 0 aromatic heterocycles. The lowest BCUT2D eigenvalue weighted by atomic mass is 10.1. The van der Waals surface area contributed by atoms with Gasteiger partial charge in [0.1, 0.15) is 10.1 Å². The van der Waals surface area contributed by atoms with Crippen molar-refractivity contribution in [3.63, 3.8) is 0 Å². The monoisotopic (exact) mass is 388 g/mol. The maximum absolute atomic E-state index is 14.0. The first kappa shape index (κ1) is 19.0. The average molecular weight is 389 g/mol. The van der Waals surface area contributed by atoms with Crippen LogP contribution in [0, 0.1) is 34.7 Å². The number of esters is 1. The van der Waals surface area contributed by atoms with Crippen molar-refractivity contribution in [2.75, 3.05) is 0 Å². The molecule has 2 rings (SSSR count). The van der Waals surface area contributed by atoms with Gasteiger partial charge >= 0.3 is 12.1 Å². The molecule has 24 heavy (non-hydrogen) atoms. The summed E-state index contributed by atoms with van der Waals surface area (Å²) in [7, 11) is 0. The van der Waals surface area contributed by atoms with Crippen molar-refractivity contribution in [1.29, 1.82) is 0 Å².